The van der Waals surface area contributed by atoms with E-state index in [0.29, 0.717) is 22.8 Å². The second kappa shape index (κ2) is 8.51. The number of rotatable bonds is 6. The van der Waals surface area contributed by atoms with Crippen molar-refractivity contribution in [1.82, 2.24) is 19.4 Å². The summed E-state index contributed by atoms with van der Waals surface area (Å²) in [7, 11) is 3.15. The Balaban J connectivity index is 1.59. The Morgan fingerprint density at radius 1 is 0.909 bits per heavy atom. The Morgan fingerprint density at radius 2 is 1.67 bits per heavy atom. The van der Waals surface area contributed by atoms with Crippen LogP contribution in [0.4, 0.5) is 0 Å². The van der Waals surface area contributed by atoms with Crippen LogP contribution in [0.3, 0.4) is 0 Å². The summed E-state index contributed by atoms with van der Waals surface area (Å²) in [6, 6.07) is 22.7. The molecule has 0 atom stereocenters. The molecule has 5 rings (SSSR count). The third-order valence-electron chi connectivity index (χ3n) is 5.31. The van der Waals surface area contributed by atoms with Crippen molar-refractivity contribution in [3.05, 3.63) is 90.9 Å². The number of hydrogen-bond donors (Lipinski definition) is 1. The normalized spacial score (nSPS) is 10.8. The van der Waals surface area contributed by atoms with E-state index in [4.69, 9.17) is 14.6 Å². The number of benzene rings is 3. The zero-order valence-corrected chi connectivity index (χ0v) is 18.1. The molecule has 1 amide bonds. The standard InChI is InChI=1S/C25H21N5O3/c1-32-22-13-12-17(14-23(22)33-2)24-19(15-29(27-24)18-8-4-3-5-9-18)25(31)28-30-16-26-20-10-6-7-11-21(20)30/h3-16H,1-2H3,(H,28,31). The first-order chi connectivity index (χ1) is 16.2. The number of hydrogen-bond acceptors (Lipinski definition) is 5. The van der Waals surface area contributed by atoms with E-state index in [1.165, 1.54) is 0 Å². The molecular weight excluding hydrogens is 418 g/mol. The molecule has 0 aliphatic rings. The molecule has 0 unspecified atom stereocenters. The summed E-state index contributed by atoms with van der Waals surface area (Å²) in [5, 5.41) is 4.73. The number of para-hydroxylation sites is 3. The lowest BCUT2D eigenvalue weighted by Gasteiger charge is -2.10. The SMILES string of the molecule is COc1ccc(-c2nn(-c3ccccc3)cc2C(=O)Nn2cnc3ccccc32)cc1OC. The number of amides is 1. The molecule has 5 aromatic rings. The number of nitrogens with one attached hydrogen (secondary N) is 1. The maximum Gasteiger partial charge on any atom is 0.274 e. The van der Waals surface area contributed by atoms with Crippen molar-refractivity contribution in [2.75, 3.05) is 19.6 Å². The highest BCUT2D eigenvalue weighted by Gasteiger charge is 2.21. The molecule has 0 spiro atoms. The Hall–Kier alpha value is -4.59. The second-order valence-electron chi connectivity index (χ2n) is 7.29. The summed E-state index contributed by atoms with van der Waals surface area (Å²) < 4.78 is 14.1. The van der Waals surface area contributed by atoms with Crippen molar-refractivity contribution in [3.63, 3.8) is 0 Å². The van der Waals surface area contributed by atoms with Crippen molar-refractivity contribution < 1.29 is 14.3 Å². The number of ether oxygens (including phenoxy) is 2. The fraction of sp³-hybridized carbons (Fsp3) is 0.0800. The van der Waals surface area contributed by atoms with Crippen LogP contribution in [0.1, 0.15) is 10.4 Å². The van der Waals surface area contributed by atoms with Gasteiger partial charge >= 0.3 is 0 Å². The van der Waals surface area contributed by atoms with Gasteiger partial charge in [-0.2, -0.15) is 5.10 Å². The van der Waals surface area contributed by atoms with Gasteiger partial charge in [0.05, 0.1) is 36.5 Å². The monoisotopic (exact) mass is 439 g/mol. The number of methoxy groups -OCH3 is 2. The van der Waals surface area contributed by atoms with E-state index in [2.05, 4.69) is 10.4 Å². The lowest BCUT2D eigenvalue weighted by molar-refractivity contribution is 0.101. The first-order valence-electron chi connectivity index (χ1n) is 10.3. The molecule has 33 heavy (non-hydrogen) atoms. The molecule has 0 bridgehead atoms. The molecular formula is C25H21N5O3. The second-order valence-corrected chi connectivity index (χ2v) is 7.29. The molecule has 0 radical (unpaired) electrons. The molecule has 164 valence electrons. The van der Waals surface area contributed by atoms with Crippen LogP contribution in [0.5, 0.6) is 11.5 Å². The Bertz CT molecular complexity index is 1440. The molecule has 0 aliphatic heterocycles. The zero-order valence-electron chi connectivity index (χ0n) is 18.1. The highest BCUT2D eigenvalue weighted by Crippen LogP contribution is 2.33. The van der Waals surface area contributed by atoms with Gasteiger partial charge in [-0.05, 0) is 42.5 Å². The van der Waals surface area contributed by atoms with E-state index in [0.717, 1.165) is 22.3 Å². The van der Waals surface area contributed by atoms with Crippen molar-refractivity contribution in [3.8, 4) is 28.4 Å². The lowest BCUT2D eigenvalue weighted by Crippen LogP contribution is -2.22. The Morgan fingerprint density at radius 3 is 2.45 bits per heavy atom. The van der Waals surface area contributed by atoms with Crippen molar-refractivity contribution >= 4 is 16.9 Å². The highest BCUT2D eigenvalue weighted by molar-refractivity contribution is 6.05. The number of carbonyl (C=O) groups excluding carboxylic acids is 1. The van der Waals surface area contributed by atoms with Crippen molar-refractivity contribution in [2.45, 2.75) is 0 Å². The minimum absolute atomic E-state index is 0.315. The van der Waals surface area contributed by atoms with Gasteiger partial charge in [0.25, 0.3) is 5.91 Å². The van der Waals surface area contributed by atoms with Gasteiger partial charge in [-0.3, -0.25) is 10.2 Å². The predicted octanol–water partition coefficient (Wildman–Crippen LogP) is 4.29. The molecule has 3 aromatic carbocycles. The number of carbonyl (C=O) groups is 1. The number of aromatic nitrogens is 4. The topological polar surface area (TPSA) is 83.2 Å². The number of nitrogens with zero attached hydrogens (tertiary/aromatic N) is 4. The number of fused-ring (bicyclic) bond motifs is 1. The predicted molar refractivity (Wildman–Crippen MR) is 126 cm³/mol. The maximum atomic E-state index is 13.4. The third-order valence-corrected chi connectivity index (χ3v) is 5.31. The first-order valence-corrected chi connectivity index (χ1v) is 10.3. The molecule has 0 saturated heterocycles. The van der Waals surface area contributed by atoms with Crippen LogP contribution in [-0.2, 0) is 0 Å². The summed E-state index contributed by atoms with van der Waals surface area (Å²) in [6.45, 7) is 0. The molecule has 0 fully saturated rings. The fourth-order valence-electron chi connectivity index (χ4n) is 3.67. The fourth-order valence-corrected chi connectivity index (χ4v) is 3.67. The van der Waals surface area contributed by atoms with Crippen molar-refractivity contribution in [2.24, 2.45) is 0 Å². The van der Waals surface area contributed by atoms with E-state index in [1.54, 1.807) is 48.2 Å². The van der Waals surface area contributed by atoms with Crippen LogP contribution >= 0.6 is 0 Å². The summed E-state index contributed by atoms with van der Waals surface area (Å²) >= 11 is 0. The van der Waals surface area contributed by atoms with Gasteiger partial charge in [-0.1, -0.05) is 30.3 Å². The largest absolute Gasteiger partial charge is 0.493 e. The molecule has 2 aromatic heterocycles. The average molecular weight is 439 g/mol. The van der Waals surface area contributed by atoms with Gasteiger partial charge in [0.2, 0.25) is 0 Å². The van der Waals surface area contributed by atoms with E-state index in [1.807, 2.05) is 60.7 Å². The molecule has 0 saturated carbocycles. The Kier molecular flexibility index (Phi) is 5.24. The molecule has 8 nitrogen and oxygen atoms in total. The van der Waals surface area contributed by atoms with E-state index < -0.39 is 0 Å². The number of imidazole rings is 1. The minimum atomic E-state index is -0.315. The summed E-state index contributed by atoms with van der Waals surface area (Å²) in [5.74, 6) is 0.834. The zero-order chi connectivity index (χ0) is 22.8. The van der Waals surface area contributed by atoms with Gasteiger partial charge in [0.1, 0.15) is 12.0 Å². The highest BCUT2D eigenvalue weighted by atomic mass is 16.5. The first kappa shape index (κ1) is 20.3. The molecule has 0 aliphatic carbocycles. The smallest absolute Gasteiger partial charge is 0.274 e. The van der Waals surface area contributed by atoms with E-state index >= 15 is 0 Å². The van der Waals surface area contributed by atoms with Crippen molar-refractivity contribution in [1.29, 1.82) is 0 Å². The van der Waals surface area contributed by atoms with Gasteiger partial charge in [-0.15, -0.1) is 0 Å². The lowest BCUT2D eigenvalue weighted by atomic mass is 10.1. The van der Waals surface area contributed by atoms with E-state index in [-0.39, 0.29) is 5.91 Å². The van der Waals surface area contributed by atoms with Crippen LogP contribution in [0.2, 0.25) is 0 Å². The molecule has 8 heteroatoms. The summed E-state index contributed by atoms with van der Waals surface area (Å²) in [5.41, 5.74) is 6.99. The van der Waals surface area contributed by atoms with Gasteiger partial charge in [0.15, 0.2) is 11.5 Å². The van der Waals surface area contributed by atoms with Crippen LogP contribution in [0, 0.1) is 0 Å². The van der Waals surface area contributed by atoms with Gasteiger partial charge in [0, 0.05) is 11.8 Å². The Labute approximate surface area is 190 Å². The van der Waals surface area contributed by atoms with Crippen LogP contribution < -0.4 is 14.9 Å². The summed E-state index contributed by atoms with van der Waals surface area (Å²) in [4.78, 5) is 17.7. The van der Waals surface area contributed by atoms with Crippen LogP contribution in [-0.4, -0.2) is 39.6 Å². The maximum absolute atomic E-state index is 13.4. The van der Waals surface area contributed by atoms with Crippen LogP contribution in [0.25, 0.3) is 28.0 Å². The minimum Gasteiger partial charge on any atom is -0.493 e. The third kappa shape index (κ3) is 3.78. The quantitative estimate of drug-likeness (QED) is 0.427. The molecule has 2 heterocycles. The average Bonchev–Trinajstić information content (AvgIpc) is 3.49. The van der Waals surface area contributed by atoms with Crippen LogP contribution in [0.15, 0.2) is 85.3 Å². The summed E-state index contributed by atoms with van der Waals surface area (Å²) in [6.07, 6.45) is 3.30. The molecule has 1 N–H and O–H groups in total. The van der Waals surface area contributed by atoms with Gasteiger partial charge in [-0.25, -0.2) is 14.3 Å². The van der Waals surface area contributed by atoms with Gasteiger partial charge < -0.3 is 9.47 Å². The van der Waals surface area contributed by atoms with E-state index in [9.17, 15) is 4.79 Å².